The lowest BCUT2D eigenvalue weighted by molar-refractivity contribution is -0.0224. The number of piperidine rings is 1. The molecule has 3 heterocycles. The lowest BCUT2D eigenvalue weighted by Crippen LogP contribution is -2.49. The van der Waals surface area contributed by atoms with Crippen LogP contribution in [0.1, 0.15) is 47.3 Å². The van der Waals surface area contributed by atoms with Gasteiger partial charge in [0.1, 0.15) is 0 Å². The fourth-order valence-corrected chi connectivity index (χ4v) is 4.97. The maximum atomic E-state index is 11.5. The zero-order chi connectivity index (χ0) is 17.4. The number of likely N-dealkylation sites (tertiary alicyclic amines) is 1. The van der Waals surface area contributed by atoms with E-state index in [-0.39, 0.29) is 0 Å². The van der Waals surface area contributed by atoms with Crippen LogP contribution in [0.25, 0.3) is 0 Å². The molecule has 0 atom stereocenters. The molecule has 1 aromatic rings. The van der Waals surface area contributed by atoms with Gasteiger partial charge in [0.15, 0.2) is 0 Å². The topological polar surface area (TPSA) is 68.7 Å². The third kappa shape index (κ3) is 3.43. The van der Waals surface area contributed by atoms with Gasteiger partial charge in [-0.3, -0.25) is 19.9 Å². The Morgan fingerprint density at radius 3 is 2.84 bits per heavy atom. The summed E-state index contributed by atoms with van der Waals surface area (Å²) >= 11 is 0. The molecule has 0 bridgehead atoms. The Kier molecular flexibility index (Phi) is 4.52. The van der Waals surface area contributed by atoms with Crippen LogP contribution in [0.5, 0.6) is 0 Å². The average molecular weight is 344 g/mol. The predicted molar refractivity (Wildman–Crippen MR) is 94.4 cm³/mol. The van der Waals surface area contributed by atoms with Crippen molar-refractivity contribution in [3.63, 3.8) is 0 Å². The summed E-state index contributed by atoms with van der Waals surface area (Å²) in [5.74, 6) is 0.347. The Hall–Kier alpha value is -1.50. The van der Waals surface area contributed by atoms with Crippen molar-refractivity contribution in [2.75, 3.05) is 33.2 Å². The van der Waals surface area contributed by atoms with Crippen LogP contribution in [-0.4, -0.2) is 59.1 Å². The van der Waals surface area contributed by atoms with Crippen LogP contribution in [0.2, 0.25) is 0 Å². The van der Waals surface area contributed by atoms with Gasteiger partial charge in [-0.1, -0.05) is 0 Å². The molecule has 1 saturated heterocycles. The first-order valence-corrected chi connectivity index (χ1v) is 9.40. The summed E-state index contributed by atoms with van der Waals surface area (Å²) < 4.78 is 0. The largest absolute Gasteiger partial charge is 0.306 e. The normalized spacial score (nSPS) is 23.9. The molecule has 2 N–H and O–H groups in total. The fraction of sp³-hybridized carbons (Fsp3) is 0.684. The van der Waals surface area contributed by atoms with E-state index in [0.717, 1.165) is 36.7 Å². The van der Waals surface area contributed by atoms with E-state index >= 15 is 0 Å². The second-order valence-corrected chi connectivity index (χ2v) is 8.33. The molecule has 1 saturated carbocycles. The minimum atomic E-state index is -0.490. The fourth-order valence-electron chi connectivity index (χ4n) is 4.97. The van der Waals surface area contributed by atoms with Crippen molar-refractivity contribution in [3.05, 3.63) is 29.1 Å². The average Bonchev–Trinajstić information content (AvgIpc) is 2.61. The lowest BCUT2D eigenvalue weighted by atomic mass is 9.57. The first-order valence-electron chi connectivity index (χ1n) is 9.40. The number of carbonyl (C=O) groups is 1. The Balaban J connectivity index is 1.31. The Morgan fingerprint density at radius 2 is 2.12 bits per heavy atom. The number of aromatic nitrogens is 1. The van der Waals surface area contributed by atoms with Crippen LogP contribution in [0, 0.1) is 11.3 Å². The number of hydrogen-bond donors (Lipinski definition) is 2. The molecular weight excluding hydrogens is 316 g/mol. The van der Waals surface area contributed by atoms with Gasteiger partial charge in [-0.2, -0.15) is 0 Å². The quantitative estimate of drug-likeness (QED) is 0.645. The molecule has 1 amide bonds. The molecule has 1 spiro atoms. The number of nitrogens with zero attached hydrogens (tertiary/aromatic N) is 3. The Morgan fingerprint density at radius 1 is 1.36 bits per heavy atom. The van der Waals surface area contributed by atoms with Gasteiger partial charge in [0.25, 0.3) is 5.91 Å². The zero-order valence-electron chi connectivity index (χ0n) is 15.0. The second-order valence-electron chi connectivity index (χ2n) is 8.33. The van der Waals surface area contributed by atoms with Crippen molar-refractivity contribution < 1.29 is 10.0 Å². The first-order chi connectivity index (χ1) is 12.1. The maximum absolute atomic E-state index is 11.5. The van der Waals surface area contributed by atoms with Crippen molar-refractivity contribution in [1.82, 2.24) is 20.3 Å². The minimum Gasteiger partial charge on any atom is -0.306 e. The molecule has 2 aliphatic heterocycles. The number of carbonyl (C=O) groups excluding carboxylic acids is 1. The molecule has 6 nitrogen and oxygen atoms in total. The molecule has 4 rings (SSSR count). The van der Waals surface area contributed by atoms with Gasteiger partial charge in [-0.15, -0.1) is 0 Å². The first kappa shape index (κ1) is 16.9. The van der Waals surface area contributed by atoms with Gasteiger partial charge in [0.05, 0.1) is 11.3 Å². The summed E-state index contributed by atoms with van der Waals surface area (Å²) in [6, 6.07) is 1.86. The van der Waals surface area contributed by atoms with Gasteiger partial charge < -0.3 is 4.90 Å². The zero-order valence-corrected chi connectivity index (χ0v) is 15.0. The standard InChI is InChI=1S/C19H28N4O2/c1-22-6-3-19(4-7-22)9-14(10-19)12-23-5-2-15-8-16(18(24)21-25)11-20-17(15)13-23/h8,11,14,25H,2-7,9-10,12-13H2,1H3,(H,21,24). The van der Waals surface area contributed by atoms with Crippen molar-refractivity contribution in [2.45, 2.75) is 38.6 Å². The summed E-state index contributed by atoms with van der Waals surface area (Å²) in [5, 5.41) is 8.75. The molecule has 2 fully saturated rings. The van der Waals surface area contributed by atoms with Crippen LogP contribution < -0.4 is 5.48 Å². The third-order valence-corrected chi connectivity index (χ3v) is 6.50. The summed E-state index contributed by atoms with van der Waals surface area (Å²) in [4.78, 5) is 20.9. The summed E-state index contributed by atoms with van der Waals surface area (Å²) in [6.07, 6.45) is 8.03. The van der Waals surface area contributed by atoms with E-state index in [1.807, 2.05) is 6.07 Å². The minimum absolute atomic E-state index is 0.429. The van der Waals surface area contributed by atoms with Crippen molar-refractivity contribution in [1.29, 1.82) is 0 Å². The van der Waals surface area contributed by atoms with Crippen LogP contribution in [-0.2, 0) is 13.0 Å². The van der Waals surface area contributed by atoms with E-state index in [1.54, 1.807) is 11.7 Å². The Bertz CT molecular complexity index is 647. The number of pyridine rings is 1. The molecule has 1 aromatic heterocycles. The van der Waals surface area contributed by atoms with Crippen molar-refractivity contribution >= 4 is 5.91 Å². The number of hydroxylamine groups is 1. The second kappa shape index (κ2) is 6.67. The van der Waals surface area contributed by atoms with E-state index < -0.39 is 5.91 Å². The van der Waals surface area contributed by atoms with Gasteiger partial charge in [0, 0.05) is 25.8 Å². The molecule has 0 aromatic carbocycles. The molecule has 25 heavy (non-hydrogen) atoms. The van der Waals surface area contributed by atoms with Gasteiger partial charge in [0.2, 0.25) is 0 Å². The highest BCUT2D eigenvalue weighted by Gasteiger charge is 2.45. The number of nitrogens with one attached hydrogen (secondary N) is 1. The van der Waals surface area contributed by atoms with Crippen LogP contribution in [0.15, 0.2) is 12.3 Å². The molecule has 0 unspecified atom stereocenters. The van der Waals surface area contributed by atoms with Crippen molar-refractivity contribution in [3.8, 4) is 0 Å². The number of fused-ring (bicyclic) bond motifs is 1. The van der Waals surface area contributed by atoms with Crippen LogP contribution >= 0.6 is 0 Å². The number of amides is 1. The molecule has 136 valence electrons. The highest BCUT2D eigenvalue weighted by molar-refractivity contribution is 5.93. The summed E-state index contributed by atoms with van der Waals surface area (Å²) in [7, 11) is 2.23. The van der Waals surface area contributed by atoms with E-state index in [0.29, 0.717) is 11.0 Å². The van der Waals surface area contributed by atoms with E-state index in [1.165, 1.54) is 45.3 Å². The molecular formula is C19H28N4O2. The molecule has 1 aliphatic carbocycles. The van der Waals surface area contributed by atoms with E-state index in [2.05, 4.69) is 21.8 Å². The van der Waals surface area contributed by atoms with E-state index in [4.69, 9.17) is 5.21 Å². The highest BCUT2D eigenvalue weighted by atomic mass is 16.5. The van der Waals surface area contributed by atoms with Gasteiger partial charge in [-0.05, 0) is 75.2 Å². The maximum Gasteiger partial charge on any atom is 0.276 e. The smallest absolute Gasteiger partial charge is 0.276 e. The van der Waals surface area contributed by atoms with Gasteiger partial charge >= 0.3 is 0 Å². The number of rotatable bonds is 3. The monoisotopic (exact) mass is 344 g/mol. The molecule has 3 aliphatic rings. The van der Waals surface area contributed by atoms with Crippen LogP contribution in [0.4, 0.5) is 0 Å². The van der Waals surface area contributed by atoms with E-state index in [9.17, 15) is 4.79 Å². The predicted octanol–water partition coefficient (Wildman–Crippen LogP) is 1.68. The summed E-state index contributed by atoms with van der Waals surface area (Å²) in [6.45, 7) is 5.61. The lowest BCUT2D eigenvalue weighted by Gasteiger charge is -2.53. The van der Waals surface area contributed by atoms with Crippen LogP contribution in [0.3, 0.4) is 0 Å². The SMILES string of the molecule is CN1CCC2(CC1)CC(CN1CCc3cc(C(=O)NO)cnc3C1)C2. The Labute approximate surface area is 149 Å². The number of hydrogen-bond acceptors (Lipinski definition) is 5. The summed E-state index contributed by atoms with van der Waals surface area (Å²) in [5.41, 5.74) is 4.97. The highest BCUT2D eigenvalue weighted by Crippen LogP contribution is 2.52. The molecule has 0 radical (unpaired) electrons. The van der Waals surface area contributed by atoms with Crippen molar-refractivity contribution in [2.24, 2.45) is 11.3 Å². The molecule has 6 heteroatoms. The van der Waals surface area contributed by atoms with Gasteiger partial charge in [-0.25, -0.2) is 5.48 Å². The third-order valence-electron chi connectivity index (χ3n) is 6.50.